The summed E-state index contributed by atoms with van der Waals surface area (Å²) in [5.41, 5.74) is 5.11. The predicted octanol–water partition coefficient (Wildman–Crippen LogP) is 3.78. The number of piperidine rings is 1. The Morgan fingerprint density at radius 3 is 3.07 bits per heavy atom. The van der Waals surface area contributed by atoms with Gasteiger partial charge in [0, 0.05) is 18.2 Å². The summed E-state index contributed by atoms with van der Waals surface area (Å²) in [5, 5.41) is 9.98. The van der Waals surface area contributed by atoms with E-state index in [-0.39, 0.29) is 17.4 Å². The highest BCUT2D eigenvalue weighted by Gasteiger charge is 2.46. The first-order valence-corrected chi connectivity index (χ1v) is 9.66. The number of rotatable bonds is 2. The first-order valence-electron chi connectivity index (χ1n) is 9.66. The van der Waals surface area contributed by atoms with Crippen molar-refractivity contribution in [2.24, 2.45) is 0 Å². The Morgan fingerprint density at radius 1 is 1.33 bits per heavy atom. The molecule has 5 rings (SSSR count). The normalized spacial score (nSPS) is 24.0. The van der Waals surface area contributed by atoms with Crippen LogP contribution in [0.5, 0.6) is 5.75 Å². The summed E-state index contributed by atoms with van der Waals surface area (Å²) in [6, 6.07) is 11.6. The summed E-state index contributed by atoms with van der Waals surface area (Å²) in [6.45, 7) is 2.98. The van der Waals surface area contributed by atoms with E-state index < -0.39 is 0 Å². The predicted molar refractivity (Wildman–Crippen MR) is 104 cm³/mol. The van der Waals surface area contributed by atoms with Crippen LogP contribution in [0.25, 0.3) is 11.0 Å². The lowest BCUT2D eigenvalue weighted by Crippen LogP contribution is -2.54. The molecular weight excluding hydrogens is 338 g/mol. The Kier molecular flexibility index (Phi) is 3.54. The minimum atomic E-state index is 0.0705. The molecule has 27 heavy (non-hydrogen) atoms. The van der Waals surface area contributed by atoms with Crippen LogP contribution in [0.4, 0.5) is 0 Å². The fraction of sp³-hybridized carbons (Fsp3) is 0.364. The van der Waals surface area contributed by atoms with Crippen LogP contribution in [-0.2, 0) is 11.8 Å². The zero-order valence-corrected chi connectivity index (χ0v) is 15.4. The summed E-state index contributed by atoms with van der Waals surface area (Å²) in [4.78, 5) is 22.7. The maximum atomic E-state index is 13.3. The van der Waals surface area contributed by atoms with Gasteiger partial charge < -0.3 is 15.0 Å². The molecule has 2 bridgehead atoms. The molecule has 0 radical (unpaired) electrons. The van der Waals surface area contributed by atoms with Crippen LogP contribution >= 0.6 is 0 Å². The van der Waals surface area contributed by atoms with E-state index in [9.17, 15) is 9.90 Å². The number of aromatic hydroxyl groups is 1. The highest BCUT2D eigenvalue weighted by molar-refractivity contribution is 5.97. The molecule has 0 saturated carbocycles. The molecule has 1 fully saturated rings. The Balaban J connectivity index is 1.50. The number of H-pyrrole nitrogens is 1. The Bertz CT molecular complexity index is 1040. The molecule has 0 unspecified atom stereocenters. The van der Waals surface area contributed by atoms with Gasteiger partial charge in [0.05, 0.1) is 17.4 Å². The van der Waals surface area contributed by atoms with Gasteiger partial charge in [-0.05, 0) is 72.6 Å². The van der Waals surface area contributed by atoms with E-state index in [1.807, 2.05) is 30.3 Å². The molecule has 138 valence electrons. The van der Waals surface area contributed by atoms with Crippen molar-refractivity contribution in [1.29, 1.82) is 0 Å². The molecule has 3 aromatic rings. The summed E-state index contributed by atoms with van der Waals surface area (Å²) in [6.07, 6.45) is 5.45. The van der Waals surface area contributed by atoms with Gasteiger partial charge in [0.1, 0.15) is 5.75 Å². The molecule has 2 heterocycles. The number of fused-ring (bicyclic) bond motifs is 5. The SMILES string of the molecule is CC[C@]12CCN(C(=O)c3ccc4nc[nH]c4c3)[C@@H](Cc3ccc(O)cc31)C2. The highest BCUT2D eigenvalue weighted by Crippen LogP contribution is 2.48. The number of hydrogen-bond acceptors (Lipinski definition) is 3. The van der Waals surface area contributed by atoms with Crippen LogP contribution in [-0.4, -0.2) is 38.5 Å². The maximum Gasteiger partial charge on any atom is 0.254 e. The van der Waals surface area contributed by atoms with E-state index in [0.29, 0.717) is 11.3 Å². The molecule has 1 aromatic heterocycles. The van der Waals surface area contributed by atoms with Crippen molar-refractivity contribution < 1.29 is 9.90 Å². The van der Waals surface area contributed by atoms with E-state index in [1.165, 1.54) is 11.1 Å². The van der Waals surface area contributed by atoms with Crippen LogP contribution in [0.15, 0.2) is 42.7 Å². The van der Waals surface area contributed by atoms with E-state index in [1.54, 1.807) is 12.4 Å². The quantitative estimate of drug-likeness (QED) is 0.730. The number of amides is 1. The van der Waals surface area contributed by atoms with Crippen molar-refractivity contribution in [2.45, 2.75) is 44.1 Å². The maximum absolute atomic E-state index is 13.3. The number of imidazole rings is 1. The van der Waals surface area contributed by atoms with Gasteiger partial charge in [-0.3, -0.25) is 4.79 Å². The number of phenols is 1. The molecule has 5 heteroatoms. The van der Waals surface area contributed by atoms with Crippen LogP contribution in [0.2, 0.25) is 0 Å². The third-order valence-corrected chi connectivity index (χ3v) is 6.62. The van der Waals surface area contributed by atoms with Gasteiger partial charge in [0.25, 0.3) is 5.91 Å². The summed E-state index contributed by atoms with van der Waals surface area (Å²) < 4.78 is 0. The molecule has 2 N–H and O–H groups in total. The van der Waals surface area contributed by atoms with Gasteiger partial charge in [-0.1, -0.05) is 13.0 Å². The number of aromatic amines is 1. The van der Waals surface area contributed by atoms with Gasteiger partial charge in [0.15, 0.2) is 0 Å². The Hall–Kier alpha value is -2.82. The van der Waals surface area contributed by atoms with Crippen molar-refractivity contribution in [3.8, 4) is 5.75 Å². The molecule has 2 atom stereocenters. The highest BCUT2D eigenvalue weighted by atomic mass is 16.3. The van der Waals surface area contributed by atoms with Gasteiger partial charge in [-0.15, -0.1) is 0 Å². The standard InChI is InChI=1S/C22H23N3O2/c1-2-22-7-8-25(16(12-22)9-14-3-5-17(26)11-18(14)22)21(27)15-4-6-19-20(10-15)24-13-23-19/h3-6,10-11,13,16,26H,2,7-9,12H2,1H3,(H,23,24)/t16-,22+/m0/s1. The van der Waals surface area contributed by atoms with Gasteiger partial charge in [0.2, 0.25) is 0 Å². The zero-order valence-electron chi connectivity index (χ0n) is 15.4. The van der Waals surface area contributed by atoms with Gasteiger partial charge in [-0.25, -0.2) is 4.98 Å². The van der Waals surface area contributed by atoms with Crippen molar-refractivity contribution in [3.05, 3.63) is 59.4 Å². The number of carbonyl (C=O) groups is 1. The van der Waals surface area contributed by atoms with E-state index in [2.05, 4.69) is 21.8 Å². The molecular formula is C22H23N3O2. The molecule has 1 saturated heterocycles. The van der Waals surface area contributed by atoms with E-state index in [0.717, 1.165) is 43.3 Å². The fourth-order valence-corrected chi connectivity index (χ4v) is 5.11. The van der Waals surface area contributed by atoms with Gasteiger partial charge >= 0.3 is 0 Å². The molecule has 2 aromatic carbocycles. The second-order valence-electron chi connectivity index (χ2n) is 7.92. The third-order valence-electron chi connectivity index (χ3n) is 6.62. The average molecular weight is 361 g/mol. The second kappa shape index (κ2) is 5.84. The lowest BCUT2D eigenvalue weighted by atomic mass is 9.62. The molecule has 5 nitrogen and oxygen atoms in total. The number of nitrogens with zero attached hydrogens (tertiary/aromatic N) is 2. The number of benzene rings is 2. The van der Waals surface area contributed by atoms with Crippen molar-refractivity contribution >= 4 is 16.9 Å². The van der Waals surface area contributed by atoms with Crippen LogP contribution < -0.4 is 0 Å². The average Bonchev–Trinajstić information content (AvgIpc) is 3.16. The number of likely N-dealkylation sites (tertiary alicyclic amines) is 1. The lowest BCUT2D eigenvalue weighted by Gasteiger charge is -2.51. The Morgan fingerprint density at radius 2 is 2.22 bits per heavy atom. The largest absolute Gasteiger partial charge is 0.508 e. The molecule has 1 aliphatic carbocycles. The number of hydrogen-bond donors (Lipinski definition) is 2. The van der Waals surface area contributed by atoms with Crippen LogP contribution in [0.3, 0.4) is 0 Å². The van der Waals surface area contributed by atoms with Crippen molar-refractivity contribution in [1.82, 2.24) is 14.9 Å². The first-order chi connectivity index (χ1) is 13.1. The molecule has 2 aliphatic rings. The molecule has 1 aliphatic heterocycles. The molecule has 1 amide bonds. The summed E-state index contributed by atoms with van der Waals surface area (Å²) in [7, 11) is 0. The molecule has 0 spiro atoms. The summed E-state index contributed by atoms with van der Waals surface area (Å²) >= 11 is 0. The second-order valence-corrected chi connectivity index (χ2v) is 7.92. The number of aromatic nitrogens is 2. The van der Waals surface area contributed by atoms with E-state index >= 15 is 0 Å². The van der Waals surface area contributed by atoms with Gasteiger partial charge in [-0.2, -0.15) is 0 Å². The first kappa shape index (κ1) is 16.4. The smallest absolute Gasteiger partial charge is 0.254 e. The Labute approximate surface area is 158 Å². The lowest BCUT2D eigenvalue weighted by molar-refractivity contribution is 0.0458. The van der Waals surface area contributed by atoms with Crippen LogP contribution in [0.1, 0.15) is 47.7 Å². The fourth-order valence-electron chi connectivity index (χ4n) is 5.11. The topological polar surface area (TPSA) is 69.2 Å². The van der Waals surface area contributed by atoms with E-state index in [4.69, 9.17) is 0 Å². The number of phenolic OH excluding ortho intramolecular Hbond substituents is 1. The minimum Gasteiger partial charge on any atom is -0.508 e. The van der Waals surface area contributed by atoms with Crippen molar-refractivity contribution in [3.63, 3.8) is 0 Å². The summed E-state index contributed by atoms with van der Waals surface area (Å²) in [5.74, 6) is 0.440. The zero-order chi connectivity index (χ0) is 18.6. The van der Waals surface area contributed by atoms with Crippen LogP contribution in [0, 0.1) is 0 Å². The third kappa shape index (κ3) is 2.45. The monoisotopic (exact) mass is 361 g/mol. The number of carbonyl (C=O) groups excluding carboxylic acids is 1. The number of nitrogens with one attached hydrogen (secondary N) is 1. The van der Waals surface area contributed by atoms with Crippen molar-refractivity contribution in [2.75, 3.05) is 6.54 Å². The minimum absolute atomic E-state index is 0.0705.